The number of β-amino-alcohol motifs (C(OH)–C–C–N with tert-alkyl or cyclic N) is 1. The highest BCUT2D eigenvalue weighted by atomic mass is 16.5. The third kappa shape index (κ3) is 3.60. The summed E-state index contributed by atoms with van der Waals surface area (Å²) in [7, 11) is 0. The van der Waals surface area contributed by atoms with Crippen LogP contribution in [0.15, 0.2) is 39.9 Å². The molecule has 1 aromatic carbocycles. The Labute approximate surface area is 183 Å². The van der Waals surface area contributed by atoms with Gasteiger partial charge in [0.2, 0.25) is 11.7 Å². The first kappa shape index (κ1) is 20.8. The Morgan fingerprint density at radius 2 is 2.06 bits per heavy atom. The molecule has 10 nitrogen and oxygen atoms in total. The van der Waals surface area contributed by atoms with Crippen LogP contribution in [0, 0.1) is 0 Å². The molecule has 0 saturated carbocycles. The second kappa shape index (κ2) is 8.45. The lowest BCUT2D eigenvalue weighted by atomic mass is 10.1. The first-order valence-electron chi connectivity index (χ1n) is 10.9. The number of para-hydroxylation sites is 2. The minimum absolute atomic E-state index is 0.117. The highest BCUT2D eigenvalue weighted by Crippen LogP contribution is 2.24. The third-order valence-electron chi connectivity index (χ3n) is 6.12. The normalized spacial score (nSPS) is 18.5. The van der Waals surface area contributed by atoms with E-state index in [1.54, 1.807) is 22.2 Å². The highest BCUT2D eigenvalue weighted by molar-refractivity contribution is 5.83. The van der Waals surface area contributed by atoms with Gasteiger partial charge in [-0.1, -0.05) is 24.2 Å². The second-order valence-corrected chi connectivity index (χ2v) is 8.39. The van der Waals surface area contributed by atoms with Gasteiger partial charge in [0.05, 0.1) is 29.7 Å². The molecule has 0 amide bonds. The lowest BCUT2D eigenvalue weighted by Gasteiger charge is -2.30. The van der Waals surface area contributed by atoms with Crippen LogP contribution in [0.4, 0.5) is 0 Å². The fourth-order valence-electron chi connectivity index (χ4n) is 4.34. The van der Waals surface area contributed by atoms with Gasteiger partial charge in [0.15, 0.2) is 0 Å². The summed E-state index contributed by atoms with van der Waals surface area (Å²) < 4.78 is 8.80. The predicted octanol–water partition coefficient (Wildman–Crippen LogP) is 1.25. The number of aromatic nitrogens is 5. The molecule has 168 valence electrons. The zero-order valence-corrected chi connectivity index (χ0v) is 17.9. The van der Waals surface area contributed by atoms with Crippen LogP contribution in [0.5, 0.6) is 0 Å². The standard InChI is InChI=1S/C22H26N6O4/c1-14(12-29)21-24-20(25-32-21)18-19-22(31)27(10-9-26-8-4-5-15(30)11-26)16-6-2-3-7-17(16)28(19)13-23-18/h2-3,6-7,13-15,29-30H,4-5,8-12H2,1H3. The maximum absolute atomic E-state index is 13.6. The van der Waals surface area contributed by atoms with Gasteiger partial charge in [-0.25, -0.2) is 4.98 Å². The van der Waals surface area contributed by atoms with Gasteiger partial charge < -0.3 is 19.3 Å². The molecule has 4 heterocycles. The van der Waals surface area contributed by atoms with Crippen molar-refractivity contribution in [2.45, 2.75) is 38.3 Å². The number of hydrogen-bond donors (Lipinski definition) is 2. The maximum atomic E-state index is 13.6. The Bertz CT molecular complexity index is 1310. The van der Waals surface area contributed by atoms with Crippen molar-refractivity contribution in [3.63, 3.8) is 0 Å². The summed E-state index contributed by atoms with van der Waals surface area (Å²) in [6.45, 7) is 4.36. The number of piperidine rings is 1. The SMILES string of the molecule is CC(CO)c1nc(-c2ncn3c2c(=O)n(CCN2CCCC(O)C2)c2ccccc23)no1. The molecule has 1 saturated heterocycles. The van der Waals surface area contributed by atoms with Crippen LogP contribution in [0.25, 0.3) is 28.1 Å². The fourth-order valence-corrected chi connectivity index (χ4v) is 4.34. The number of aliphatic hydroxyl groups is 2. The van der Waals surface area contributed by atoms with Crippen molar-refractivity contribution >= 4 is 16.6 Å². The minimum Gasteiger partial charge on any atom is -0.396 e. The van der Waals surface area contributed by atoms with Gasteiger partial charge in [0, 0.05) is 19.6 Å². The average Bonchev–Trinajstić information content (AvgIpc) is 3.46. The van der Waals surface area contributed by atoms with E-state index in [2.05, 4.69) is 20.0 Å². The second-order valence-electron chi connectivity index (χ2n) is 8.39. The molecule has 4 aromatic rings. The lowest BCUT2D eigenvalue weighted by Crippen LogP contribution is -2.40. The molecule has 1 aliphatic heterocycles. The smallest absolute Gasteiger partial charge is 0.277 e. The number of rotatable bonds is 6. The lowest BCUT2D eigenvalue weighted by molar-refractivity contribution is 0.0690. The number of nitrogens with zero attached hydrogens (tertiary/aromatic N) is 6. The molecule has 32 heavy (non-hydrogen) atoms. The van der Waals surface area contributed by atoms with Crippen LogP contribution < -0.4 is 5.56 Å². The van der Waals surface area contributed by atoms with Crippen molar-refractivity contribution in [2.24, 2.45) is 0 Å². The van der Waals surface area contributed by atoms with Crippen LogP contribution in [-0.4, -0.2) is 71.6 Å². The summed E-state index contributed by atoms with van der Waals surface area (Å²) >= 11 is 0. The van der Waals surface area contributed by atoms with Crippen LogP contribution in [0.3, 0.4) is 0 Å². The van der Waals surface area contributed by atoms with Gasteiger partial charge in [0.1, 0.15) is 17.5 Å². The Balaban J connectivity index is 1.60. The third-order valence-corrected chi connectivity index (χ3v) is 6.12. The molecule has 0 radical (unpaired) electrons. The summed E-state index contributed by atoms with van der Waals surface area (Å²) in [5, 5.41) is 23.3. The van der Waals surface area contributed by atoms with E-state index in [9.17, 15) is 15.0 Å². The molecule has 2 unspecified atom stereocenters. The Morgan fingerprint density at radius 3 is 2.84 bits per heavy atom. The van der Waals surface area contributed by atoms with Crippen LogP contribution >= 0.6 is 0 Å². The maximum Gasteiger partial charge on any atom is 0.277 e. The first-order chi connectivity index (χ1) is 15.6. The van der Waals surface area contributed by atoms with E-state index in [0.29, 0.717) is 36.7 Å². The van der Waals surface area contributed by atoms with Gasteiger partial charge in [-0.2, -0.15) is 4.98 Å². The fraction of sp³-hybridized carbons (Fsp3) is 0.455. The van der Waals surface area contributed by atoms with Gasteiger partial charge >= 0.3 is 0 Å². The topological polar surface area (TPSA) is 122 Å². The molecule has 10 heteroatoms. The predicted molar refractivity (Wildman–Crippen MR) is 117 cm³/mol. The highest BCUT2D eigenvalue weighted by Gasteiger charge is 2.23. The molecular formula is C22H26N6O4. The van der Waals surface area contributed by atoms with E-state index in [1.807, 2.05) is 24.3 Å². The van der Waals surface area contributed by atoms with Crippen molar-refractivity contribution in [1.29, 1.82) is 0 Å². The van der Waals surface area contributed by atoms with Crippen LogP contribution in [0.1, 0.15) is 31.6 Å². The summed E-state index contributed by atoms with van der Waals surface area (Å²) in [6.07, 6.45) is 3.07. The number of imidazole rings is 1. The van der Waals surface area contributed by atoms with E-state index in [-0.39, 0.29) is 30.0 Å². The van der Waals surface area contributed by atoms with Gasteiger partial charge in [-0.15, -0.1) is 0 Å². The zero-order valence-electron chi connectivity index (χ0n) is 17.9. The number of benzene rings is 1. The van der Waals surface area contributed by atoms with Crippen molar-refractivity contribution in [2.75, 3.05) is 26.2 Å². The average molecular weight is 438 g/mol. The molecule has 2 N–H and O–H groups in total. The van der Waals surface area contributed by atoms with E-state index >= 15 is 0 Å². The summed E-state index contributed by atoms with van der Waals surface area (Å²) in [4.78, 5) is 24.6. The molecule has 2 atom stereocenters. The van der Waals surface area contributed by atoms with Gasteiger partial charge in [-0.3, -0.25) is 14.1 Å². The van der Waals surface area contributed by atoms with Crippen molar-refractivity contribution in [3.8, 4) is 11.5 Å². The Kier molecular flexibility index (Phi) is 5.50. The first-order valence-corrected chi connectivity index (χ1v) is 10.9. The van der Waals surface area contributed by atoms with E-state index in [4.69, 9.17) is 4.52 Å². The quantitative estimate of drug-likeness (QED) is 0.461. The van der Waals surface area contributed by atoms with Crippen LogP contribution in [-0.2, 0) is 6.54 Å². The zero-order chi connectivity index (χ0) is 22.2. The monoisotopic (exact) mass is 438 g/mol. The molecule has 1 aliphatic rings. The molecule has 0 spiro atoms. The molecule has 3 aromatic heterocycles. The number of fused-ring (bicyclic) bond motifs is 3. The number of aliphatic hydroxyl groups excluding tert-OH is 2. The molecule has 0 bridgehead atoms. The summed E-state index contributed by atoms with van der Waals surface area (Å²) in [5.74, 6) is 0.219. The molecule has 1 fully saturated rings. The number of hydrogen-bond acceptors (Lipinski definition) is 8. The van der Waals surface area contributed by atoms with E-state index in [0.717, 1.165) is 30.4 Å². The molecular weight excluding hydrogens is 412 g/mol. The number of likely N-dealkylation sites (tertiary alicyclic amines) is 1. The van der Waals surface area contributed by atoms with Gasteiger partial charge in [0.25, 0.3) is 5.56 Å². The Morgan fingerprint density at radius 1 is 1.25 bits per heavy atom. The van der Waals surface area contributed by atoms with Crippen molar-refractivity contribution in [1.82, 2.24) is 29.0 Å². The Hall–Kier alpha value is -3.08. The van der Waals surface area contributed by atoms with Crippen molar-refractivity contribution < 1.29 is 14.7 Å². The van der Waals surface area contributed by atoms with Crippen LogP contribution in [0.2, 0.25) is 0 Å². The molecule has 5 rings (SSSR count). The minimum atomic E-state index is -0.310. The van der Waals surface area contributed by atoms with Crippen molar-refractivity contribution in [3.05, 3.63) is 46.8 Å². The summed E-state index contributed by atoms with van der Waals surface area (Å²) in [6, 6.07) is 7.71. The van der Waals surface area contributed by atoms with Gasteiger partial charge in [-0.05, 0) is 31.5 Å². The molecule has 0 aliphatic carbocycles. The largest absolute Gasteiger partial charge is 0.396 e. The summed E-state index contributed by atoms with van der Waals surface area (Å²) in [5.41, 5.74) is 2.21. The van der Waals surface area contributed by atoms with E-state index in [1.165, 1.54) is 0 Å². The van der Waals surface area contributed by atoms with E-state index < -0.39 is 0 Å².